The first-order valence-electron chi connectivity index (χ1n) is 20.8. The summed E-state index contributed by atoms with van der Waals surface area (Å²) in [4.78, 5) is 43.3. The number of ether oxygens (including phenoxy) is 7. The molecule has 0 atom stereocenters. The van der Waals surface area contributed by atoms with E-state index < -0.39 is 57.1 Å². The molecule has 0 saturated heterocycles. The summed E-state index contributed by atoms with van der Waals surface area (Å²) in [6.45, 7) is 26.3. The van der Waals surface area contributed by atoms with Gasteiger partial charge in [-0.25, -0.2) is 19.2 Å². The summed E-state index contributed by atoms with van der Waals surface area (Å²) in [7, 11) is -3.24. The van der Waals surface area contributed by atoms with Gasteiger partial charge in [0.15, 0.2) is 33.3 Å². The van der Waals surface area contributed by atoms with Crippen molar-refractivity contribution in [2.75, 3.05) is 80.3 Å². The molecule has 0 radical (unpaired) electrons. The summed E-state index contributed by atoms with van der Waals surface area (Å²) in [6.07, 6.45) is 10.7. The zero-order valence-corrected chi connectivity index (χ0v) is 42.7. The summed E-state index contributed by atoms with van der Waals surface area (Å²) >= 11 is 0. The summed E-state index contributed by atoms with van der Waals surface area (Å²) in [5.74, 6) is -3.07. The normalized spacial score (nSPS) is 12.1. The number of rotatable bonds is 33. The van der Waals surface area contributed by atoms with Crippen LogP contribution in [0.2, 0.25) is 76.6 Å². The fourth-order valence-electron chi connectivity index (χ4n) is 5.45. The lowest BCUT2D eigenvalue weighted by atomic mass is 10.4. The van der Waals surface area contributed by atoms with Crippen LogP contribution in [0.5, 0.6) is 0 Å². The molecule has 0 aromatic heterocycles. The van der Waals surface area contributed by atoms with E-state index in [1.165, 1.54) is 52.0 Å². The van der Waals surface area contributed by atoms with Crippen LogP contribution in [0.15, 0.2) is 24.3 Å². The van der Waals surface area contributed by atoms with Crippen LogP contribution < -0.4 is 0 Å². The highest BCUT2D eigenvalue weighted by atomic mass is 28.4. The Bertz CT molecular complexity index is 1150. The van der Waals surface area contributed by atoms with Crippen molar-refractivity contribution in [1.82, 2.24) is 0 Å². The fraction of sp³-hybridized carbons (Fsp3) is 0.800. The number of aliphatic hydroxyl groups excluding tert-OH is 1. The molecule has 348 valence electrons. The van der Waals surface area contributed by atoms with Crippen molar-refractivity contribution in [3.05, 3.63) is 24.3 Å². The lowest BCUT2D eigenvalue weighted by molar-refractivity contribution is -0.141. The van der Waals surface area contributed by atoms with Crippen molar-refractivity contribution in [3.63, 3.8) is 0 Å². The molecule has 0 heterocycles. The Kier molecular flexibility index (Phi) is 39.1. The lowest BCUT2D eigenvalue weighted by Gasteiger charge is -2.34. The molecule has 0 fully saturated rings. The molecule has 0 aliphatic carbocycles. The van der Waals surface area contributed by atoms with Gasteiger partial charge in [-0.05, 0) is 89.4 Å². The molecule has 0 aliphatic rings. The molecular weight excluding hydrogens is 833 g/mol. The van der Waals surface area contributed by atoms with Gasteiger partial charge in [-0.15, -0.1) is 0 Å². The second-order valence-electron chi connectivity index (χ2n) is 16.1. The minimum absolute atomic E-state index is 0.119. The number of unbranched alkanes of at least 4 members (excludes halogenated alkanes) is 2. The van der Waals surface area contributed by atoms with Gasteiger partial charge >= 0.3 is 23.9 Å². The number of aliphatic carboxylic acids is 1. The third-order valence-corrected chi connectivity index (χ3v) is 23.1. The molecular formula is C40H82O15Si4. The second-order valence-corrected chi connectivity index (χ2v) is 33.8. The molecule has 0 bridgehead atoms. The van der Waals surface area contributed by atoms with Gasteiger partial charge in [-0.2, -0.15) is 0 Å². The molecule has 0 saturated carbocycles. The number of methoxy groups -OCH3 is 2. The average molecular weight is 915 g/mol. The fourth-order valence-corrected chi connectivity index (χ4v) is 23.4. The first-order valence-corrected chi connectivity index (χ1v) is 33.3. The number of hydrogen-bond donors (Lipinski definition) is 2. The van der Waals surface area contributed by atoms with Gasteiger partial charge in [-0.3, -0.25) is 0 Å². The van der Waals surface area contributed by atoms with Gasteiger partial charge in [0.05, 0.1) is 33.0 Å². The lowest BCUT2D eigenvalue weighted by Crippen LogP contribution is -2.44. The van der Waals surface area contributed by atoms with E-state index >= 15 is 0 Å². The van der Waals surface area contributed by atoms with Gasteiger partial charge in [0.25, 0.3) is 0 Å². The molecule has 0 amide bonds. The van der Waals surface area contributed by atoms with Crippen molar-refractivity contribution >= 4 is 57.1 Å². The Labute approximate surface area is 360 Å². The third-order valence-electron chi connectivity index (χ3n) is 7.99. The van der Waals surface area contributed by atoms with Gasteiger partial charge in [0.2, 0.25) is 0 Å². The van der Waals surface area contributed by atoms with Crippen molar-refractivity contribution in [2.45, 2.75) is 129 Å². The Hall–Kier alpha value is -2.05. The smallest absolute Gasteiger partial charge is 0.331 e. The highest BCUT2D eigenvalue weighted by Gasteiger charge is 2.33. The molecule has 0 aromatic rings. The maximum absolute atomic E-state index is 11.5. The third kappa shape index (κ3) is 46.9. The standard InChI is InChI=1S/C20H40O7Si2.C13H32O3Si2.C7H10O5/c1-7-8-17-28(3,4)27-29(5,6)18-9-12-24-14-16-26-20(22)11-10-19(21)25-15-13-23-2;1-6-7-12-17(2,3)16-18(4,5)13-8-10-15-11-9-14;1-11-4-5-12-7(10)3-2-6(8)9/h10-11H,7-9,12-18H2,1-6H3;14H,6-13H2,1-5H3;2-3H,4-5H2,1H3,(H,8,9)/b11-10+;;3-2+. The SMILES string of the molecule is CCCC[Si](C)(C)O[Si](C)(C)CCCOCCO.CCCC[Si](C)(C)O[Si](C)(C)CCCOCCOC(=O)/C=C/C(=O)OCCOC.COCCOC(=O)/C=C/C(=O)O. The van der Waals surface area contributed by atoms with E-state index in [1.807, 2.05) is 0 Å². The van der Waals surface area contributed by atoms with Gasteiger partial charge in [0, 0.05) is 51.7 Å². The summed E-state index contributed by atoms with van der Waals surface area (Å²) in [5, 5.41) is 16.7. The Morgan fingerprint density at radius 2 is 0.780 bits per heavy atom. The Balaban J connectivity index is -0.000000886. The van der Waals surface area contributed by atoms with Crippen molar-refractivity contribution in [2.24, 2.45) is 0 Å². The van der Waals surface area contributed by atoms with E-state index in [1.54, 1.807) is 0 Å². The van der Waals surface area contributed by atoms with E-state index in [4.69, 9.17) is 42.1 Å². The van der Waals surface area contributed by atoms with Crippen LogP contribution >= 0.6 is 0 Å². The minimum atomic E-state index is -1.67. The number of carbonyl (C=O) groups excluding carboxylic acids is 3. The van der Waals surface area contributed by atoms with Crippen molar-refractivity contribution < 1.29 is 70.8 Å². The van der Waals surface area contributed by atoms with Crippen LogP contribution in [0.4, 0.5) is 0 Å². The summed E-state index contributed by atoms with van der Waals surface area (Å²) in [6, 6.07) is 4.71. The van der Waals surface area contributed by atoms with Gasteiger partial charge in [-0.1, -0.05) is 39.5 Å². The maximum atomic E-state index is 11.5. The molecule has 0 spiro atoms. The van der Waals surface area contributed by atoms with Crippen LogP contribution in [0, 0.1) is 0 Å². The second kappa shape index (κ2) is 37.7. The van der Waals surface area contributed by atoms with E-state index in [9.17, 15) is 19.2 Å². The number of aliphatic hydroxyl groups is 1. The minimum Gasteiger partial charge on any atom is -0.478 e. The van der Waals surface area contributed by atoms with E-state index in [0.29, 0.717) is 33.0 Å². The molecule has 0 aromatic carbocycles. The zero-order valence-electron chi connectivity index (χ0n) is 38.7. The first kappa shape index (κ1) is 61.2. The van der Waals surface area contributed by atoms with Crippen molar-refractivity contribution in [1.29, 1.82) is 0 Å². The predicted octanol–water partition coefficient (Wildman–Crippen LogP) is 7.34. The van der Waals surface area contributed by atoms with Gasteiger partial charge < -0.3 is 51.6 Å². The Morgan fingerprint density at radius 1 is 0.458 bits per heavy atom. The molecule has 19 heteroatoms. The van der Waals surface area contributed by atoms with Gasteiger partial charge in [0.1, 0.15) is 19.8 Å². The zero-order chi connectivity index (χ0) is 45.6. The largest absolute Gasteiger partial charge is 0.478 e. The summed E-state index contributed by atoms with van der Waals surface area (Å²) in [5.41, 5.74) is 0. The van der Waals surface area contributed by atoms with Crippen LogP contribution in [0.3, 0.4) is 0 Å². The van der Waals surface area contributed by atoms with Crippen molar-refractivity contribution in [3.8, 4) is 0 Å². The molecule has 0 aliphatic heterocycles. The van der Waals surface area contributed by atoms with E-state index in [2.05, 4.69) is 75.7 Å². The highest BCUT2D eigenvalue weighted by molar-refractivity contribution is 6.85. The highest BCUT2D eigenvalue weighted by Crippen LogP contribution is 2.25. The van der Waals surface area contributed by atoms with Crippen LogP contribution in [0.1, 0.15) is 52.4 Å². The molecule has 59 heavy (non-hydrogen) atoms. The quantitative estimate of drug-likeness (QED) is 0.0218. The predicted molar refractivity (Wildman–Crippen MR) is 242 cm³/mol. The number of carbonyl (C=O) groups is 4. The number of carboxylic acid groups (broad SMARTS) is 1. The number of hydrogen-bond acceptors (Lipinski definition) is 14. The van der Waals surface area contributed by atoms with Crippen LogP contribution in [-0.2, 0) is 60.6 Å². The molecule has 0 unspecified atom stereocenters. The molecule has 0 rings (SSSR count). The van der Waals surface area contributed by atoms with Crippen LogP contribution in [0.25, 0.3) is 0 Å². The number of esters is 3. The molecule has 2 N–H and O–H groups in total. The first-order chi connectivity index (χ1) is 27.6. The van der Waals surface area contributed by atoms with E-state index in [-0.39, 0.29) is 26.4 Å². The van der Waals surface area contributed by atoms with Crippen LogP contribution in [-0.4, -0.2) is 148 Å². The maximum Gasteiger partial charge on any atom is 0.331 e. The van der Waals surface area contributed by atoms with E-state index in [0.717, 1.165) is 55.8 Å². The number of carboxylic acids is 1. The summed E-state index contributed by atoms with van der Waals surface area (Å²) < 4.78 is 47.5. The Morgan fingerprint density at radius 3 is 1.10 bits per heavy atom. The topological polar surface area (TPSA) is 192 Å². The average Bonchev–Trinajstić information content (AvgIpc) is 3.14. The monoisotopic (exact) mass is 914 g/mol. The molecule has 15 nitrogen and oxygen atoms in total.